The van der Waals surface area contributed by atoms with Gasteiger partial charge in [0.2, 0.25) is 11.8 Å². The van der Waals surface area contributed by atoms with E-state index in [2.05, 4.69) is 17.1 Å². The Morgan fingerprint density at radius 1 is 0.844 bits per heavy atom. The van der Waals surface area contributed by atoms with Crippen LogP contribution in [-0.4, -0.2) is 22.0 Å². The molecule has 1 N–H and O–H groups in total. The highest BCUT2D eigenvalue weighted by atomic mass is 32.2. The molecule has 4 aliphatic rings. The van der Waals surface area contributed by atoms with Crippen LogP contribution < -0.4 is 9.77 Å². The van der Waals surface area contributed by atoms with E-state index >= 15 is 0 Å². The summed E-state index contributed by atoms with van der Waals surface area (Å²) in [4.78, 5) is 44.9. The van der Waals surface area contributed by atoms with Crippen LogP contribution in [0.15, 0.2) is 70.5 Å². The van der Waals surface area contributed by atoms with E-state index in [0.29, 0.717) is 5.69 Å². The first-order valence-corrected chi connectivity index (χ1v) is 12.7. The third-order valence-corrected chi connectivity index (χ3v) is 10.5. The molecule has 3 aromatic rings. The summed E-state index contributed by atoms with van der Waals surface area (Å²) in [6.45, 7) is 0. The molecule has 7 atom stereocenters. The molecule has 2 amide bonds. The Bertz CT molecular complexity index is 1300. The number of para-hydroxylation sites is 1. The number of nitrogens with one attached hydrogen (secondary N) is 1. The lowest BCUT2D eigenvalue weighted by Gasteiger charge is -2.43. The quantitative estimate of drug-likeness (QED) is 0.584. The van der Waals surface area contributed by atoms with Crippen LogP contribution in [0.4, 0.5) is 5.69 Å². The fourth-order valence-electron chi connectivity index (χ4n) is 6.88. The molecule has 2 aromatic carbocycles. The number of imide groups is 1. The Morgan fingerprint density at radius 3 is 2.22 bits per heavy atom. The number of thiazole rings is 1. The van der Waals surface area contributed by atoms with Gasteiger partial charge >= 0.3 is 4.87 Å². The zero-order chi connectivity index (χ0) is 21.6. The molecule has 0 unspecified atom stereocenters. The van der Waals surface area contributed by atoms with E-state index < -0.39 is 0 Å². The number of rotatable bonds is 2. The number of nitrogens with zero attached hydrogens (tertiary/aromatic N) is 1. The first kappa shape index (κ1) is 18.9. The fourth-order valence-corrected chi connectivity index (χ4v) is 9.77. The van der Waals surface area contributed by atoms with Gasteiger partial charge in [0.25, 0.3) is 0 Å². The Labute approximate surface area is 192 Å². The van der Waals surface area contributed by atoms with Crippen molar-refractivity contribution in [2.75, 3.05) is 4.90 Å². The van der Waals surface area contributed by atoms with Crippen LogP contribution in [0, 0.1) is 29.6 Å². The molecule has 0 radical (unpaired) electrons. The molecule has 160 valence electrons. The molecule has 2 bridgehead atoms. The summed E-state index contributed by atoms with van der Waals surface area (Å²) in [5.41, 5.74) is 1.87. The largest absolute Gasteiger partial charge is 0.307 e. The predicted molar refractivity (Wildman–Crippen MR) is 124 cm³/mol. The van der Waals surface area contributed by atoms with E-state index in [0.717, 1.165) is 16.3 Å². The number of aromatic amines is 1. The Balaban J connectivity index is 1.34. The summed E-state index contributed by atoms with van der Waals surface area (Å²) in [5, 5.41) is 1.19. The molecule has 7 rings (SSSR count). The van der Waals surface area contributed by atoms with E-state index in [1.807, 2.05) is 48.5 Å². The van der Waals surface area contributed by atoms with Crippen LogP contribution in [-0.2, 0) is 9.59 Å². The second-order valence-corrected chi connectivity index (χ2v) is 11.4. The molecule has 2 aliphatic heterocycles. The van der Waals surface area contributed by atoms with E-state index in [9.17, 15) is 14.4 Å². The van der Waals surface area contributed by atoms with Crippen molar-refractivity contribution in [2.45, 2.75) is 22.6 Å². The SMILES string of the molecule is O=C1[C@H]2[C@H]3C[C@@H]([C@@H]2C(=O)N1c1ccccc1)[C@H]1[C@H](c2ccccc2)c2sc(=O)[nH]c2S[C@H]31. The zero-order valence-corrected chi connectivity index (χ0v) is 18.6. The summed E-state index contributed by atoms with van der Waals surface area (Å²) in [6, 6.07) is 19.7. The first-order chi connectivity index (χ1) is 15.6. The highest BCUT2D eigenvalue weighted by Gasteiger charge is 2.69. The monoisotopic (exact) mass is 460 g/mol. The topological polar surface area (TPSA) is 70.2 Å². The van der Waals surface area contributed by atoms with Gasteiger partial charge in [-0.15, -0.1) is 11.8 Å². The second kappa shape index (κ2) is 6.68. The van der Waals surface area contributed by atoms with Gasteiger partial charge in [0.05, 0.1) is 22.5 Å². The molecule has 3 heterocycles. The minimum Gasteiger partial charge on any atom is -0.307 e. The van der Waals surface area contributed by atoms with Crippen molar-refractivity contribution in [1.29, 1.82) is 0 Å². The third-order valence-electron chi connectivity index (χ3n) is 7.90. The lowest BCUT2D eigenvalue weighted by Crippen LogP contribution is -2.42. The number of carbonyl (C=O) groups excluding carboxylic acids is 2. The summed E-state index contributed by atoms with van der Waals surface area (Å²) in [6.07, 6.45) is 0.917. The third kappa shape index (κ3) is 2.38. The number of aromatic nitrogens is 1. The molecule has 32 heavy (non-hydrogen) atoms. The zero-order valence-electron chi connectivity index (χ0n) is 17.0. The molecular formula is C25H20N2O3S2. The number of H-pyrrole nitrogens is 1. The first-order valence-electron chi connectivity index (χ1n) is 11.0. The molecule has 5 nitrogen and oxygen atoms in total. The van der Waals surface area contributed by atoms with Crippen LogP contribution >= 0.6 is 23.1 Å². The smallest absolute Gasteiger partial charge is 0.305 e. The van der Waals surface area contributed by atoms with E-state index in [1.54, 1.807) is 11.8 Å². The van der Waals surface area contributed by atoms with E-state index in [-0.39, 0.29) is 57.4 Å². The number of thioether (sulfide) groups is 1. The summed E-state index contributed by atoms with van der Waals surface area (Å²) >= 11 is 3.03. The Kier molecular flexibility index (Phi) is 3.94. The highest BCUT2D eigenvalue weighted by molar-refractivity contribution is 8.00. The number of fused-ring (bicyclic) bond motifs is 9. The molecule has 3 fully saturated rings. The van der Waals surface area contributed by atoms with Gasteiger partial charge in [-0.25, -0.2) is 0 Å². The van der Waals surface area contributed by atoms with E-state index in [1.165, 1.54) is 21.8 Å². The maximum absolute atomic E-state index is 13.6. The van der Waals surface area contributed by atoms with Crippen molar-refractivity contribution in [1.82, 2.24) is 4.98 Å². The minimum atomic E-state index is -0.252. The molecule has 2 saturated carbocycles. The van der Waals surface area contributed by atoms with Crippen molar-refractivity contribution in [3.05, 3.63) is 80.8 Å². The maximum Gasteiger partial charge on any atom is 0.305 e. The van der Waals surface area contributed by atoms with Gasteiger partial charge in [0.1, 0.15) is 0 Å². The molecule has 1 aromatic heterocycles. The number of hydrogen-bond acceptors (Lipinski definition) is 5. The maximum atomic E-state index is 13.6. The second-order valence-electron chi connectivity index (χ2n) is 9.22. The van der Waals surface area contributed by atoms with E-state index in [4.69, 9.17) is 0 Å². The minimum absolute atomic E-state index is 0.0293. The lowest BCUT2D eigenvalue weighted by atomic mass is 9.68. The average molecular weight is 461 g/mol. The summed E-state index contributed by atoms with van der Waals surface area (Å²) in [5.74, 6) is 0.0747. The Morgan fingerprint density at radius 2 is 1.50 bits per heavy atom. The van der Waals surface area contributed by atoms with Gasteiger partial charge in [-0.05, 0) is 41.9 Å². The summed E-state index contributed by atoms with van der Waals surface area (Å²) in [7, 11) is 0. The lowest BCUT2D eigenvalue weighted by molar-refractivity contribution is -0.123. The molecule has 2 aliphatic carbocycles. The number of carbonyl (C=O) groups is 2. The fraction of sp³-hybridized carbons (Fsp3) is 0.320. The number of anilines is 1. The molecule has 0 spiro atoms. The number of hydrogen-bond donors (Lipinski definition) is 1. The van der Waals surface area contributed by atoms with Crippen LogP contribution in [0.1, 0.15) is 22.8 Å². The van der Waals surface area contributed by atoms with Crippen LogP contribution in [0.2, 0.25) is 0 Å². The molecule has 7 heteroatoms. The number of amides is 2. The van der Waals surface area contributed by atoms with Crippen molar-refractivity contribution >= 4 is 40.6 Å². The van der Waals surface area contributed by atoms with Crippen molar-refractivity contribution < 1.29 is 9.59 Å². The normalized spacial score (nSPS) is 34.5. The average Bonchev–Trinajstić information content (AvgIpc) is 3.53. The van der Waals surface area contributed by atoms with Crippen LogP contribution in [0.5, 0.6) is 0 Å². The van der Waals surface area contributed by atoms with Gasteiger partial charge < -0.3 is 4.98 Å². The standard InChI is InChI=1S/C25H20N2O3S2/c28-23-18-14-11-15(19(18)24(29)27(23)13-9-5-2-6-10-13)20-17(14)16(12-7-3-1-4-8-12)21-22(31-20)26-25(30)32-21/h1-10,14-20H,11H2,(H,26,30)/t14-,15-,16+,17+,18+,19+,20-/m1/s1. The van der Waals surface area contributed by atoms with Crippen molar-refractivity contribution in [3.8, 4) is 0 Å². The van der Waals surface area contributed by atoms with Gasteiger partial charge in [0.15, 0.2) is 0 Å². The van der Waals surface area contributed by atoms with Gasteiger partial charge in [0, 0.05) is 16.0 Å². The van der Waals surface area contributed by atoms with Gasteiger partial charge in [-0.3, -0.25) is 19.3 Å². The van der Waals surface area contributed by atoms with Crippen LogP contribution in [0.25, 0.3) is 0 Å². The van der Waals surface area contributed by atoms with Gasteiger partial charge in [-0.1, -0.05) is 59.9 Å². The number of benzene rings is 2. The Hall–Kier alpha value is -2.64. The molecule has 1 saturated heterocycles. The van der Waals surface area contributed by atoms with Crippen molar-refractivity contribution in [2.24, 2.45) is 29.6 Å². The molecular weight excluding hydrogens is 440 g/mol. The van der Waals surface area contributed by atoms with Gasteiger partial charge in [-0.2, -0.15) is 0 Å². The summed E-state index contributed by atoms with van der Waals surface area (Å²) < 4.78 is 0. The van der Waals surface area contributed by atoms with Crippen LogP contribution in [0.3, 0.4) is 0 Å². The predicted octanol–water partition coefficient (Wildman–Crippen LogP) is 4.11. The van der Waals surface area contributed by atoms with Crippen molar-refractivity contribution in [3.63, 3.8) is 0 Å². The highest BCUT2D eigenvalue weighted by Crippen LogP contribution is 2.68.